The summed E-state index contributed by atoms with van der Waals surface area (Å²) in [6.45, 7) is 2.23. The molecule has 0 bridgehead atoms. The lowest BCUT2D eigenvalue weighted by Crippen LogP contribution is -2.49. The van der Waals surface area contributed by atoms with Crippen LogP contribution in [0.4, 0.5) is 0 Å². The summed E-state index contributed by atoms with van der Waals surface area (Å²) in [6.07, 6.45) is 3.23. The first-order valence-corrected chi connectivity index (χ1v) is 3.81. The molecule has 0 aromatic carbocycles. The molecule has 3 heteroatoms. The molecule has 0 aliphatic rings. The average molecular weight is 146 g/mol. The molecule has 3 nitrogen and oxygen atoms in total. The third-order valence-electron chi connectivity index (χ3n) is 1.52. The first-order chi connectivity index (χ1) is 4.62. The fraction of sp³-hybridized carbons (Fsp3) is 1.00. The summed E-state index contributed by atoms with van der Waals surface area (Å²) >= 11 is 0. The van der Waals surface area contributed by atoms with E-state index in [0.29, 0.717) is 12.8 Å². The largest absolute Gasteiger partial charge is 0.396 e. The molecule has 0 unspecified atom stereocenters. The van der Waals surface area contributed by atoms with Crippen molar-refractivity contribution in [1.82, 2.24) is 0 Å². The highest BCUT2D eigenvalue weighted by Crippen LogP contribution is 2.08. The van der Waals surface area contributed by atoms with Crippen LogP contribution in [0.25, 0.3) is 0 Å². The van der Waals surface area contributed by atoms with E-state index in [-0.39, 0.29) is 6.61 Å². The maximum atomic E-state index is 8.49. The summed E-state index contributed by atoms with van der Waals surface area (Å²) in [5, 5.41) is 8.49. The SMILES string of the molecule is CCCC(N)(N)CCCO. The summed E-state index contributed by atoms with van der Waals surface area (Å²) in [6, 6.07) is 0. The number of aliphatic hydroxyl groups excluding tert-OH is 1. The van der Waals surface area contributed by atoms with Crippen molar-refractivity contribution in [2.75, 3.05) is 6.61 Å². The smallest absolute Gasteiger partial charge is 0.0637 e. The Morgan fingerprint density at radius 1 is 1.30 bits per heavy atom. The van der Waals surface area contributed by atoms with E-state index in [0.717, 1.165) is 12.8 Å². The standard InChI is InChI=1S/C7H18N2O/c1-2-4-7(8,9)5-3-6-10/h10H,2-6,8-9H2,1H3. The van der Waals surface area contributed by atoms with E-state index < -0.39 is 5.66 Å². The van der Waals surface area contributed by atoms with Crippen LogP contribution in [0.2, 0.25) is 0 Å². The van der Waals surface area contributed by atoms with Crippen LogP contribution < -0.4 is 11.5 Å². The highest BCUT2D eigenvalue weighted by Gasteiger charge is 2.15. The molecule has 0 fully saturated rings. The minimum absolute atomic E-state index is 0.180. The van der Waals surface area contributed by atoms with Crippen LogP contribution in [0.5, 0.6) is 0 Å². The molecule has 0 heterocycles. The van der Waals surface area contributed by atoms with Crippen LogP contribution in [-0.4, -0.2) is 17.4 Å². The minimum Gasteiger partial charge on any atom is -0.396 e. The summed E-state index contributed by atoms with van der Waals surface area (Å²) in [7, 11) is 0. The molecular formula is C7H18N2O. The average Bonchev–Trinajstić information content (AvgIpc) is 1.84. The van der Waals surface area contributed by atoms with Gasteiger partial charge in [-0.2, -0.15) is 0 Å². The van der Waals surface area contributed by atoms with Gasteiger partial charge in [-0.1, -0.05) is 13.3 Å². The third-order valence-corrected chi connectivity index (χ3v) is 1.52. The van der Waals surface area contributed by atoms with Crippen LogP contribution >= 0.6 is 0 Å². The summed E-state index contributed by atoms with van der Waals surface area (Å²) in [4.78, 5) is 0. The predicted octanol–water partition coefficient (Wildman–Crippen LogP) is 0.173. The Hall–Kier alpha value is -0.120. The first-order valence-electron chi connectivity index (χ1n) is 3.81. The molecule has 0 aliphatic carbocycles. The van der Waals surface area contributed by atoms with Gasteiger partial charge < -0.3 is 16.6 Å². The molecular weight excluding hydrogens is 128 g/mol. The van der Waals surface area contributed by atoms with Gasteiger partial charge in [-0.05, 0) is 19.3 Å². The van der Waals surface area contributed by atoms with Gasteiger partial charge >= 0.3 is 0 Å². The number of nitrogens with two attached hydrogens (primary N) is 2. The molecule has 0 aromatic rings. The molecule has 0 amide bonds. The maximum absolute atomic E-state index is 8.49. The van der Waals surface area contributed by atoms with E-state index in [1.165, 1.54) is 0 Å². The van der Waals surface area contributed by atoms with Gasteiger partial charge in [0, 0.05) is 6.61 Å². The second-order valence-corrected chi connectivity index (χ2v) is 2.81. The fourth-order valence-electron chi connectivity index (χ4n) is 0.999. The molecule has 0 atom stereocenters. The number of hydrogen-bond donors (Lipinski definition) is 3. The lowest BCUT2D eigenvalue weighted by molar-refractivity contribution is 0.256. The summed E-state index contributed by atoms with van der Waals surface area (Å²) in [5.41, 5.74) is 10.8. The quantitative estimate of drug-likeness (QED) is 0.484. The van der Waals surface area contributed by atoms with Gasteiger partial charge in [0.2, 0.25) is 0 Å². The van der Waals surface area contributed by atoms with Gasteiger partial charge in [0.1, 0.15) is 0 Å². The van der Waals surface area contributed by atoms with E-state index >= 15 is 0 Å². The van der Waals surface area contributed by atoms with Crippen LogP contribution in [0.1, 0.15) is 32.6 Å². The maximum Gasteiger partial charge on any atom is 0.0637 e. The Kier molecular flexibility index (Phi) is 4.60. The molecule has 5 N–H and O–H groups in total. The molecule has 0 rings (SSSR count). The summed E-state index contributed by atoms with van der Waals surface area (Å²) in [5.74, 6) is 0. The van der Waals surface area contributed by atoms with E-state index in [1.807, 2.05) is 6.92 Å². The first kappa shape index (κ1) is 9.88. The molecule has 0 aliphatic heterocycles. The van der Waals surface area contributed by atoms with Crippen molar-refractivity contribution in [3.05, 3.63) is 0 Å². The van der Waals surface area contributed by atoms with E-state index in [1.54, 1.807) is 0 Å². The Balaban J connectivity index is 3.42. The van der Waals surface area contributed by atoms with Crippen LogP contribution in [0.15, 0.2) is 0 Å². The van der Waals surface area contributed by atoms with Crippen molar-refractivity contribution >= 4 is 0 Å². The minimum atomic E-state index is -0.558. The number of rotatable bonds is 5. The fourth-order valence-corrected chi connectivity index (χ4v) is 0.999. The highest BCUT2D eigenvalue weighted by molar-refractivity contribution is 4.75. The number of hydrogen-bond acceptors (Lipinski definition) is 3. The molecule has 0 aromatic heterocycles. The van der Waals surface area contributed by atoms with E-state index in [2.05, 4.69) is 0 Å². The van der Waals surface area contributed by atoms with Crippen LogP contribution in [0, 0.1) is 0 Å². The number of aliphatic hydroxyl groups is 1. The Morgan fingerprint density at radius 2 is 1.90 bits per heavy atom. The Bertz CT molecular complexity index is 83.7. The zero-order chi connectivity index (χ0) is 8.04. The second-order valence-electron chi connectivity index (χ2n) is 2.81. The molecule has 0 radical (unpaired) electrons. The van der Waals surface area contributed by atoms with Gasteiger partial charge in [0.05, 0.1) is 5.66 Å². The molecule has 0 saturated heterocycles. The zero-order valence-electron chi connectivity index (χ0n) is 6.64. The van der Waals surface area contributed by atoms with Crippen molar-refractivity contribution in [3.8, 4) is 0 Å². The van der Waals surface area contributed by atoms with Gasteiger partial charge in [0.15, 0.2) is 0 Å². The lowest BCUT2D eigenvalue weighted by Gasteiger charge is -2.23. The topological polar surface area (TPSA) is 72.3 Å². The van der Waals surface area contributed by atoms with Crippen LogP contribution in [0.3, 0.4) is 0 Å². The van der Waals surface area contributed by atoms with Crippen molar-refractivity contribution in [1.29, 1.82) is 0 Å². The molecule has 0 spiro atoms. The third kappa shape index (κ3) is 4.73. The van der Waals surface area contributed by atoms with Crippen molar-refractivity contribution < 1.29 is 5.11 Å². The normalized spacial score (nSPS) is 12.0. The monoisotopic (exact) mass is 146 g/mol. The van der Waals surface area contributed by atoms with Crippen LogP contribution in [-0.2, 0) is 0 Å². The summed E-state index contributed by atoms with van der Waals surface area (Å²) < 4.78 is 0. The Labute approximate surface area is 62.4 Å². The van der Waals surface area contributed by atoms with Crippen molar-refractivity contribution in [2.24, 2.45) is 11.5 Å². The van der Waals surface area contributed by atoms with E-state index in [4.69, 9.17) is 16.6 Å². The lowest BCUT2D eigenvalue weighted by atomic mass is 10.0. The van der Waals surface area contributed by atoms with Crippen molar-refractivity contribution in [3.63, 3.8) is 0 Å². The van der Waals surface area contributed by atoms with E-state index in [9.17, 15) is 0 Å². The van der Waals surface area contributed by atoms with Gasteiger partial charge in [-0.15, -0.1) is 0 Å². The van der Waals surface area contributed by atoms with Gasteiger partial charge in [-0.25, -0.2) is 0 Å². The predicted molar refractivity (Wildman–Crippen MR) is 42.3 cm³/mol. The van der Waals surface area contributed by atoms with Gasteiger partial charge in [0.25, 0.3) is 0 Å². The molecule has 0 saturated carbocycles. The Morgan fingerprint density at radius 3 is 2.30 bits per heavy atom. The highest BCUT2D eigenvalue weighted by atomic mass is 16.2. The zero-order valence-corrected chi connectivity index (χ0v) is 6.64. The van der Waals surface area contributed by atoms with Crippen molar-refractivity contribution in [2.45, 2.75) is 38.3 Å². The molecule has 62 valence electrons. The van der Waals surface area contributed by atoms with Gasteiger partial charge in [-0.3, -0.25) is 0 Å². The second kappa shape index (κ2) is 4.66. The molecule has 10 heavy (non-hydrogen) atoms.